The van der Waals surface area contributed by atoms with E-state index in [1.54, 1.807) is 7.11 Å². The lowest BCUT2D eigenvalue weighted by Gasteiger charge is -2.28. The number of ether oxygens (including phenoxy) is 1. The van der Waals surface area contributed by atoms with E-state index in [0.29, 0.717) is 0 Å². The van der Waals surface area contributed by atoms with Crippen molar-refractivity contribution in [3.05, 3.63) is 29.8 Å². The van der Waals surface area contributed by atoms with Crippen LogP contribution in [0.1, 0.15) is 19.4 Å². The zero-order valence-corrected chi connectivity index (χ0v) is 10.4. The van der Waals surface area contributed by atoms with Gasteiger partial charge in [0, 0.05) is 7.11 Å². The molecule has 0 fully saturated rings. The topological polar surface area (TPSA) is 38.8 Å². The van der Waals surface area contributed by atoms with Gasteiger partial charge < -0.3 is 4.74 Å². The molecule has 16 heavy (non-hydrogen) atoms. The summed E-state index contributed by atoms with van der Waals surface area (Å²) < 4.78 is 18.5. The first-order valence-electron chi connectivity index (χ1n) is 5.02. The van der Waals surface area contributed by atoms with Gasteiger partial charge in [0.1, 0.15) is 0 Å². The molecular formula is C11H15NO3S. The summed E-state index contributed by atoms with van der Waals surface area (Å²) in [6.07, 6.45) is 0. The Labute approximate surface area is 97.7 Å². The Kier molecular flexibility index (Phi) is 3.12. The normalized spacial score (nSPS) is 23.3. The molecule has 1 aromatic rings. The molecule has 1 unspecified atom stereocenters. The maximum absolute atomic E-state index is 12.2. The largest absolute Gasteiger partial charge is 0.357 e. The molecule has 0 saturated carbocycles. The van der Waals surface area contributed by atoms with Gasteiger partial charge in [-0.05, 0) is 25.5 Å². The second-order valence-electron chi connectivity index (χ2n) is 4.10. The second-order valence-corrected chi connectivity index (χ2v) is 5.37. The van der Waals surface area contributed by atoms with E-state index >= 15 is 0 Å². The molecule has 1 aliphatic heterocycles. The molecule has 4 nitrogen and oxygen atoms in total. The van der Waals surface area contributed by atoms with Crippen LogP contribution in [0.15, 0.2) is 29.2 Å². The number of benzene rings is 1. The molecule has 0 aromatic heterocycles. The fourth-order valence-electron chi connectivity index (χ4n) is 1.83. The van der Waals surface area contributed by atoms with Crippen LogP contribution >= 0.6 is 0 Å². The fourth-order valence-corrected chi connectivity index (χ4v) is 3.36. The maximum atomic E-state index is 12.2. The Bertz CT molecular complexity index is 419. The van der Waals surface area contributed by atoms with E-state index < -0.39 is 16.5 Å². The lowest BCUT2D eigenvalue weighted by Crippen LogP contribution is -2.37. The number of methoxy groups -OCH3 is 1. The van der Waals surface area contributed by atoms with Gasteiger partial charge in [-0.15, -0.1) is 0 Å². The van der Waals surface area contributed by atoms with Crippen molar-refractivity contribution in [2.24, 2.45) is 0 Å². The molecule has 1 aliphatic rings. The summed E-state index contributed by atoms with van der Waals surface area (Å²) in [6, 6.07) is 7.66. The van der Waals surface area contributed by atoms with Gasteiger partial charge in [0.2, 0.25) is 0 Å². The Morgan fingerprint density at radius 2 is 2.06 bits per heavy atom. The predicted molar refractivity (Wildman–Crippen MR) is 60.7 cm³/mol. The molecule has 5 heteroatoms. The average molecular weight is 241 g/mol. The van der Waals surface area contributed by atoms with Gasteiger partial charge in [0.15, 0.2) is 17.8 Å². The number of hydroxylamine groups is 1. The van der Waals surface area contributed by atoms with Gasteiger partial charge in [-0.3, -0.25) is 4.84 Å². The van der Waals surface area contributed by atoms with Crippen molar-refractivity contribution in [3.63, 3.8) is 0 Å². The minimum absolute atomic E-state index is 0.100. The number of rotatable bonds is 3. The molecule has 0 amide bonds. The summed E-state index contributed by atoms with van der Waals surface area (Å²) >= 11 is 0. The van der Waals surface area contributed by atoms with E-state index in [1.165, 1.54) is 4.47 Å². The standard InChI is InChI=1S/C11H15NO3S/c1-11(2)9-6-4-5-7-10(9)16(13)12(11)15-8-14-3/h4-7H,8H2,1-3H3. The molecular weight excluding hydrogens is 226 g/mol. The SMILES string of the molecule is COCON1S(=O)c2ccccc2C1(C)C. The zero-order chi connectivity index (χ0) is 11.8. The van der Waals surface area contributed by atoms with E-state index in [4.69, 9.17) is 9.57 Å². The first-order valence-corrected chi connectivity index (χ1v) is 6.13. The smallest absolute Gasteiger partial charge is 0.167 e. The Morgan fingerprint density at radius 1 is 1.38 bits per heavy atom. The Balaban J connectivity index is 2.37. The molecule has 88 valence electrons. The lowest BCUT2D eigenvalue weighted by atomic mass is 9.96. The predicted octanol–water partition coefficient (Wildman–Crippen LogP) is 1.80. The summed E-state index contributed by atoms with van der Waals surface area (Å²) in [7, 11) is 0.265. The van der Waals surface area contributed by atoms with Gasteiger partial charge in [-0.2, -0.15) is 0 Å². The minimum atomic E-state index is -1.28. The van der Waals surface area contributed by atoms with E-state index in [2.05, 4.69) is 0 Å². The monoisotopic (exact) mass is 241 g/mol. The van der Waals surface area contributed by atoms with Crippen molar-refractivity contribution >= 4 is 11.0 Å². The maximum Gasteiger partial charge on any atom is 0.167 e. The van der Waals surface area contributed by atoms with Crippen LogP contribution in [0.25, 0.3) is 0 Å². The van der Waals surface area contributed by atoms with Gasteiger partial charge in [0.05, 0.1) is 10.4 Å². The van der Waals surface area contributed by atoms with Crippen LogP contribution in [-0.4, -0.2) is 22.6 Å². The van der Waals surface area contributed by atoms with Crippen molar-refractivity contribution in [2.45, 2.75) is 24.3 Å². The number of fused-ring (bicyclic) bond motifs is 1. The first kappa shape index (κ1) is 11.7. The summed E-state index contributed by atoms with van der Waals surface area (Å²) in [6.45, 7) is 4.06. The van der Waals surface area contributed by atoms with Gasteiger partial charge in [-0.25, -0.2) is 4.21 Å². The highest BCUT2D eigenvalue weighted by Crippen LogP contribution is 2.41. The molecule has 1 atom stereocenters. The third-order valence-corrected chi connectivity index (χ3v) is 4.22. The third-order valence-electron chi connectivity index (χ3n) is 2.63. The van der Waals surface area contributed by atoms with Crippen LogP contribution in [0, 0.1) is 0 Å². The van der Waals surface area contributed by atoms with Crippen molar-refractivity contribution in [3.8, 4) is 0 Å². The summed E-state index contributed by atoms with van der Waals surface area (Å²) in [5.74, 6) is 0. The molecule has 0 bridgehead atoms. The second kappa shape index (κ2) is 4.25. The van der Waals surface area contributed by atoms with Crippen molar-refractivity contribution < 1.29 is 13.8 Å². The van der Waals surface area contributed by atoms with Crippen LogP contribution in [-0.2, 0) is 26.1 Å². The average Bonchev–Trinajstić information content (AvgIpc) is 2.46. The van der Waals surface area contributed by atoms with Crippen LogP contribution in [0.3, 0.4) is 0 Å². The molecule has 0 N–H and O–H groups in total. The Morgan fingerprint density at radius 3 is 2.69 bits per heavy atom. The van der Waals surface area contributed by atoms with Crippen molar-refractivity contribution in [1.82, 2.24) is 4.47 Å². The molecule has 0 saturated heterocycles. The highest BCUT2D eigenvalue weighted by Gasteiger charge is 2.44. The van der Waals surface area contributed by atoms with Gasteiger partial charge in [-0.1, -0.05) is 22.7 Å². The number of nitrogens with zero attached hydrogens (tertiary/aromatic N) is 1. The Hall–Kier alpha value is -0.750. The fraction of sp³-hybridized carbons (Fsp3) is 0.455. The van der Waals surface area contributed by atoms with Crippen LogP contribution in [0.2, 0.25) is 0 Å². The van der Waals surface area contributed by atoms with Crippen molar-refractivity contribution in [2.75, 3.05) is 13.9 Å². The molecule has 2 rings (SSSR count). The zero-order valence-electron chi connectivity index (χ0n) is 9.60. The van der Waals surface area contributed by atoms with E-state index in [1.807, 2.05) is 38.1 Å². The summed E-state index contributed by atoms with van der Waals surface area (Å²) in [5, 5.41) is 0. The van der Waals surface area contributed by atoms with E-state index in [0.717, 1.165) is 10.5 Å². The molecule has 1 aromatic carbocycles. The molecule has 0 aliphatic carbocycles. The number of hydrogen-bond donors (Lipinski definition) is 0. The molecule has 1 heterocycles. The summed E-state index contributed by atoms with van der Waals surface area (Å²) in [5.41, 5.74) is 0.629. The van der Waals surface area contributed by atoms with Gasteiger partial charge in [0.25, 0.3) is 0 Å². The highest BCUT2D eigenvalue weighted by molar-refractivity contribution is 7.82. The van der Waals surface area contributed by atoms with E-state index in [9.17, 15) is 4.21 Å². The molecule has 0 radical (unpaired) electrons. The first-order chi connectivity index (χ1) is 7.59. The molecule has 0 spiro atoms. The van der Waals surface area contributed by atoms with Crippen LogP contribution in [0.4, 0.5) is 0 Å². The minimum Gasteiger partial charge on any atom is -0.357 e. The van der Waals surface area contributed by atoms with E-state index in [-0.39, 0.29) is 6.79 Å². The van der Waals surface area contributed by atoms with Crippen molar-refractivity contribution in [1.29, 1.82) is 0 Å². The van der Waals surface area contributed by atoms with Crippen LogP contribution in [0.5, 0.6) is 0 Å². The van der Waals surface area contributed by atoms with Gasteiger partial charge >= 0.3 is 0 Å². The number of hydrogen-bond acceptors (Lipinski definition) is 3. The third kappa shape index (κ3) is 1.69. The quantitative estimate of drug-likeness (QED) is 0.757. The highest BCUT2D eigenvalue weighted by atomic mass is 32.2. The summed E-state index contributed by atoms with van der Waals surface area (Å²) in [4.78, 5) is 6.18. The van der Waals surface area contributed by atoms with Crippen LogP contribution < -0.4 is 0 Å². The lowest BCUT2D eigenvalue weighted by molar-refractivity contribution is -0.198.